The molecule has 3 atom stereocenters. The van der Waals surface area contributed by atoms with Crippen LogP contribution in [0.2, 0.25) is 0 Å². The minimum atomic E-state index is -0.722. The smallest absolute Gasteiger partial charge is 0.166 e. The zero-order valence-corrected chi connectivity index (χ0v) is 14.5. The average molecular weight is 349 g/mol. The number of nitrogens with two attached hydrogens (primary N) is 1. The van der Waals surface area contributed by atoms with Crippen molar-refractivity contribution in [3.63, 3.8) is 0 Å². The number of nitrogens with zero attached hydrogens (tertiary/aromatic N) is 4. The Hall–Kier alpha value is -1.81. The van der Waals surface area contributed by atoms with Crippen LogP contribution in [0.25, 0.3) is 0 Å². The van der Waals surface area contributed by atoms with Gasteiger partial charge < -0.3 is 25.1 Å². The summed E-state index contributed by atoms with van der Waals surface area (Å²) in [5.41, 5.74) is 5.79. The molecule has 136 valence electrons. The van der Waals surface area contributed by atoms with Crippen molar-refractivity contribution in [2.45, 2.75) is 62.6 Å². The lowest BCUT2D eigenvalue weighted by Gasteiger charge is -2.45. The molecule has 2 saturated heterocycles. The molecule has 0 bridgehead atoms. The fourth-order valence-corrected chi connectivity index (χ4v) is 4.04. The third kappa shape index (κ3) is 2.34. The molecule has 3 N–H and O–H groups in total. The molecule has 3 fully saturated rings. The fraction of sp³-hybridized carbons (Fsp3) is 0.688. The number of aromatic nitrogens is 2. The minimum Gasteiger partial charge on any atom is -0.393 e. The van der Waals surface area contributed by atoms with Gasteiger partial charge in [-0.1, -0.05) is 0 Å². The van der Waals surface area contributed by atoms with Crippen LogP contribution in [0.5, 0.6) is 0 Å². The molecule has 1 aromatic rings. The predicted octanol–water partition coefficient (Wildman–Crippen LogP) is 0.493. The Morgan fingerprint density at radius 3 is 2.72 bits per heavy atom. The van der Waals surface area contributed by atoms with E-state index in [1.807, 2.05) is 13.8 Å². The van der Waals surface area contributed by atoms with Crippen LogP contribution in [-0.2, 0) is 14.2 Å². The maximum Gasteiger partial charge on any atom is 0.166 e. The van der Waals surface area contributed by atoms with E-state index in [0.29, 0.717) is 24.4 Å². The number of fused-ring (bicyclic) bond motifs is 2. The summed E-state index contributed by atoms with van der Waals surface area (Å²) in [5.74, 6) is 0.0190. The second-order valence-electron chi connectivity index (χ2n) is 7.25. The molecule has 4 rings (SSSR count). The number of hydrogen-bond acceptors (Lipinski definition) is 7. The van der Waals surface area contributed by atoms with Crippen LogP contribution in [0.15, 0.2) is 16.3 Å². The number of hydrogen-bond donors (Lipinski definition) is 2. The highest BCUT2D eigenvalue weighted by molar-refractivity contribution is 5.99. The Balaban J connectivity index is 1.74. The van der Waals surface area contributed by atoms with Gasteiger partial charge in [0.1, 0.15) is 29.3 Å². The fourth-order valence-electron chi connectivity index (χ4n) is 4.04. The molecule has 2 aliphatic heterocycles. The Bertz CT molecular complexity index is 737. The van der Waals surface area contributed by atoms with Crippen molar-refractivity contribution in [1.82, 2.24) is 9.55 Å². The lowest BCUT2D eigenvalue weighted by atomic mass is 9.73. The van der Waals surface area contributed by atoms with Crippen molar-refractivity contribution < 1.29 is 19.3 Å². The number of aliphatic hydroxyl groups is 1. The summed E-state index contributed by atoms with van der Waals surface area (Å²) >= 11 is 0. The number of aliphatic imine (C=N–C) groups is 2. The molecule has 0 amide bonds. The molecule has 1 aliphatic carbocycles. The van der Waals surface area contributed by atoms with Gasteiger partial charge in [0.25, 0.3) is 0 Å². The number of amidine groups is 1. The number of ether oxygens (including phenoxy) is 3. The summed E-state index contributed by atoms with van der Waals surface area (Å²) in [6.07, 6.45) is 1.14. The SMILES string of the molecule is C=Nc1c(/C(N)=N\C)ncn1[C@@H]1O[C@]2(C[C@@H](O)C2)[C@H]2OC(C)(C)O[C@@H]12. The van der Waals surface area contributed by atoms with Crippen LogP contribution < -0.4 is 5.73 Å². The van der Waals surface area contributed by atoms with Crippen LogP contribution in [-0.4, -0.2) is 64.0 Å². The first-order valence-corrected chi connectivity index (χ1v) is 8.28. The van der Waals surface area contributed by atoms with Crippen molar-refractivity contribution in [3.8, 4) is 0 Å². The quantitative estimate of drug-likeness (QED) is 0.606. The Kier molecular flexibility index (Phi) is 3.56. The second-order valence-corrected chi connectivity index (χ2v) is 7.25. The number of aliphatic hydroxyl groups excluding tert-OH is 1. The maximum absolute atomic E-state index is 9.83. The molecule has 0 radical (unpaired) electrons. The average Bonchev–Trinajstić information content (AvgIpc) is 3.16. The zero-order chi connectivity index (χ0) is 18.0. The lowest BCUT2D eigenvalue weighted by molar-refractivity contribution is -0.251. The Morgan fingerprint density at radius 2 is 2.12 bits per heavy atom. The second kappa shape index (κ2) is 5.34. The lowest BCUT2D eigenvalue weighted by Crippen LogP contribution is -2.55. The van der Waals surface area contributed by atoms with Gasteiger partial charge in [-0.3, -0.25) is 9.56 Å². The molecule has 1 saturated carbocycles. The van der Waals surface area contributed by atoms with Crippen molar-refractivity contribution in [3.05, 3.63) is 12.0 Å². The van der Waals surface area contributed by atoms with E-state index in [0.717, 1.165) is 0 Å². The molecule has 3 aliphatic rings. The summed E-state index contributed by atoms with van der Waals surface area (Å²) in [6, 6.07) is 0. The molecule has 0 aromatic carbocycles. The first-order chi connectivity index (χ1) is 11.8. The van der Waals surface area contributed by atoms with Crippen molar-refractivity contribution in [1.29, 1.82) is 0 Å². The van der Waals surface area contributed by atoms with Crippen molar-refractivity contribution in [2.24, 2.45) is 15.7 Å². The van der Waals surface area contributed by atoms with Crippen LogP contribution in [0.3, 0.4) is 0 Å². The van der Waals surface area contributed by atoms with E-state index < -0.39 is 17.6 Å². The van der Waals surface area contributed by atoms with Crippen LogP contribution >= 0.6 is 0 Å². The summed E-state index contributed by atoms with van der Waals surface area (Å²) < 4.78 is 20.3. The molecular weight excluding hydrogens is 326 g/mol. The van der Waals surface area contributed by atoms with Crippen LogP contribution in [0, 0.1) is 0 Å². The molecular formula is C16H23N5O4. The summed E-state index contributed by atoms with van der Waals surface area (Å²) in [5, 5.41) is 9.83. The molecule has 1 aromatic heterocycles. The van der Waals surface area contributed by atoms with Crippen molar-refractivity contribution in [2.75, 3.05) is 7.05 Å². The molecule has 9 heteroatoms. The first kappa shape index (κ1) is 16.6. The highest BCUT2D eigenvalue weighted by Gasteiger charge is 2.67. The van der Waals surface area contributed by atoms with Gasteiger partial charge in [-0.25, -0.2) is 9.98 Å². The van der Waals surface area contributed by atoms with Crippen molar-refractivity contribution >= 4 is 18.4 Å². The molecule has 3 heterocycles. The van der Waals surface area contributed by atoms with Crippen LogP contribution in [0.4, 0.5) is 5.82 Å². The van der Waals surface area contributed by atoms with E-state index in [1.165, 1.54) is 0 Å². The van der Waals surface area contributed by atoms with Gasteiger partial charge in [-0.2, -0.15) is 0 Å². The first-order valence-electron chi connectivity index (χ1n) is 8.28. The highest BCUT2D eigenvalue weighted by Crippen LogP contribution is 2.56. The molecule has 1 spiro atoms. The Morgan fingerprint density at radius 1 is 1.40 bits per heavy atom. The minimum absolute atomic E-state index is 0.267. The van der Waals surface area contributed by atoms with E-state index in [9.17, 15) is 5.11 Å². The maximum atomic E-state index is 9.83. The van der Waals surface area contributed by atoms with Gasteiger partial charge in [0.15, 0.2) is 17.8 Å². The van der Waals surface area contributed by atoms with Crippen LogP contribution in [0.1, 0.15) is 38.6 Å². The number of imidazole rings is 1. The predicted molar refractivity (Wildman–Crippen MR) is 90.0 cm³/mol. The largest absolute Gasteiger partial charge is 0.393 e. The number of rotatable bonds is 3. The van der Waals surface area contributed by atoms with Gasteiger partial charge >= 0.3 is 0 Å². The zero-order valence-electron chi connectivity index (χ0n) is 14.5. The highest BCUT2D eigenvalue weighted by atomic mass is 16.8. The molecule has 9 nitrogen and oxygen atoms in total. The van der Waals surface area contributed by atoms with Gasteiger partial charge in [-0.05, 0) is 20.6 Å². The van der Waals surface area contributed by atoms with Gasteiger partial charge in [0.2, 0.25) is 0 Å². The van der Waals surface area contributed by atoms with E-state index >= 15 is 0 Å². The summed E-state index contributed by atoms with van der Waals surface area (Å²) in [7, 11) is 1.59. The Labute approximate surface area is 145 Å². The summed E-state index contributed by atoms with van der Waals surface area (Å²) in [4.78, 5) is 12.3. The third-order valence-corrected chi connectivity index (χ3v) is 5.12. The van der Waals surface area contributed by atoms with E-state index in [-0.39, 0.29) is 24.1 Å². The topological polar surface area (TPSA) is 116 Å². The molecule has 25 heavy (non-hydrogen) atoms. The van der Waals surface area contributed by atoms with E-state index in [4.69, 9.17) is 19.9 Å². The third-order valence-electron chi connectivity index (χ3n) is 5.12. The van der Waals surface area contributed by atoms with Gasteiger partial charge in [0, 0.05) is 19.9 Å². The normalized spacial score (nSPS) is 39.4. The van der Waals surface area contributed by atoms with E-state index in [2.05, 4.69) is 21.7 Å². The summed E-state index contributed by atoms with van der Waals surface area (Å²) in [6.45, 7) is 7.37. The standard InChI is InChI=1S/C16H23N5O4/c1-15(2)23-10-11(24-15)16(5-8(22)6-16)25-14(10)21-7-20-9(12(17)18-3)13(21)19-4/h7-8,10-11,14,22H,4-6H2,1-3H3,(H2,17,18)/t8-,10-,11+,14-,16+/m1/s1. The van der Waals surface area contributed by atoms with E-state index in [1.54, 1.807) is 17.9 Å². The molecule has 0 unspecified atom stereocenters. The van der Waals surface area contributed by atoms with Gasteiger partial charge in [-0.15, -0.1) is 0 Å². The monoisotopic (exact) mass is 349 g/mol. The van der Waals surface area contributed by atoms with Gasteiger partial charge in [0.05, 0.1) is 12.4 Å².